The third-order valence-corrected chi connectivity index (χ3v) is 0.191. The summed E-state index contributed by atoms with van der Waals surface area (Å²) in [7, 11) is 0. The van der Waals surface area contributed by atoms with E-state index in [1.54, 1.807) is 0 Å². The first-order valence-electron chi connectivity index (χ1n) is 1.77. The van der Waals surface area contributed by atoms with Crippen LogP contribution in [0.25, 0.3) is 0 Å². The van der Waals surface area contributed by atoms with E-state index in [2.05, 4.69) is 11.5 Å². The van der Waals surface area contributed by atoms with E-state index < -0.39 is 0 Å². The molecule has 0 unspecified atom stereocenters. The van der Waals surface area contributed by atoms with Crippen LogP contribution in [0.3, 0.4) is 0 Å². The van der Waals surface area contributed by atoms with Crippen LogP contribution in [0, 0.1) is 28.3 Å². The molecule has 0 bridgehead atoms. The number of guanidine groups is 1. The monoisotopic (exact) mass is 168 g/mol. The van der Waals surface area contributed by atoms with Gasteiger partial charge in [-0.15, -0.1) is 0 Å². The summed E-state index contributed by atoms with van der Waals surface area (Å²) >= 11 is 0. The van der Waals surface area contributed by atoms with Crippen molar-refractivity contribution >= 4 is 43.7 Å². The van der Waals surface area contributed by atoms with Crippen LogP contribution in [0.5, 0.6) is 0 Å². The number of nitrogens with two attached hydrogens (primary N) is 2. The van der Waals surface area contributed by atoms with E-state index in [0.29, 0.717) is 0 Å². The van der Waals surface area contributed by atoms with E-state index in [1.807, 2.05) is 5.32 Å². The molecule has 0 spiro atoms. The third kappa shape index (κ3) is 54.6. The van der Waals surface area contributed by atoms with Crippen LogP contribution in [0.4, 0.5) is 0 Å². The summed E-state index contributed by atoms with van der Waals surface area (Å²) in [5.74, 6) is -0.322. The van der Waals surface area contributed by atoms with Crippen molar-refractivity contribution in [3.63, 3.8) is 0 Å². The fraction of sp³-hybridized carbons (Fsp3) is 0. The Labute approximate surface area is 88.3 Å². The Bertz CT molecular complexity index is 151. The second-order valence-electron chi connectivity index (χ2n) is 0.780. The standard InChI is InChI=1S/C2H4N4.CH2N2.Ca.2H/c3-1-6-2(4)5;2-1-3;;;/h(H4,4,5,6);2H2;;;. The number of nitrogens with zero attached hydrogens (tertiary/aromatic N) is 2. The Morgan fingerprint density at radius 3 is 1.80 bits per heavy atom. The molecule has 0 aromatic carbocycles. The van der Waals surface area contributed by atoms with Crippen LogP contribution in [0.15, 0.2) is 0 Å². The van der Waals surface area contributed by atoms with Gasteiger partial charge in [0.1, 0.15) is 0 Å². The summed E-state index contributed by atoms with van der Waals surface area (Å²) < 4.78 is 0. The first-order chi connectivity index (χ1) is 4.18. The van der Waals surface area contributed by atoms with Gasteiger partial charge >= 0.3 is 37.7 Å². The van der Waals surface area contributed by atoms with E-state index in [4.69, 9.17) is 15.9 Å². The Morgan fingerprint density at radius 1 is 1.50 bits per heavy atom. The summed E-state index contributed by atoms with van der Waals surface area (Å²) in [6.07, 6.45) is 2.72. The van der Waals surface area contributed by atoms with Crippen LogP contribution in [-0.4, -0.2) is 43.7 Å². The van der Waals surface area contributed by atoms with Crippen LogP contribution in [0.1, 0.15) is 0 Å². The number of nitrogens with one attached hydrogen (secondary N) is 2. The summed E-state index contributed by atoms with van der Waals surface area (Å²) in [6.45, 7) is 0. The molecule has 0 saturated carbocycles. The van der Waals surface area contributed by atoms with E-state index in [-0.39, 0.29) is 43.7 Å². The van der Waals surface area contributed by atoms with Gasteiger partial charge in [0.2, 0.25) is 0 Å². The Kier molecular flexibility index (Phi) is 25.4. The molecule has 7 heteroatoms. The molecule has 0 radical (unpaired) electrons. The van der Waals surface area contributed by atoms with Gasteiger partial charge in [-0.3, -0.25) is 10.7 Å². The zero-order valence-corrected chi connectivity index (χ0v) is 4.55. The normalized spacial score (nSPS) is 4.20. The molecule has 0 saturated heterocycles. The minimum absolute atomic E-state index is 0. The van der Waals surface area contributed by atoms with Crippen molar-refractivity contribution in [2.45, 2.75) is 0 Å². The van der Waals surface area contributed by atoms with Gasteiger partial charge < -0.3 is 11.5 Å². The summed E-state index contributed by atoms with van der Waals surface area (Å²) in [4.78, 5) is 0. The van der Waals surface area contributed by atoms with Crippen LogP contribution in [0.2, 0.25) is 0 Å². The SMILES string of the molecule is N#CN.N#CNC(=N)N.[CaH2]. The van der Waals surface area contributed by atoms with Crippen LogP contribution in [-0.2, 0) is 0 Å². The van der Waals surface area contributed by atoms with Gasteiger partial charge in [-0.2, -0.15) is 10.5 Å². The van der Waals surface area contributed by atoms with Gasteiger partial charge in [0.15, 0.2) is 18.3 Å². The van der Waals surface area contributed by atoms with Crippen molar-refractivity contribution in [3.05, 3.63) is 0 Å². The quantitative estimate of drug-likeness (QED) is 0.104. The predicted octanol–water partition coefficient (Wildman–Crippen LogP) is -2.54. The van der Waals surface area contributed by atoms with Crippen molar-refractivity contribution < 1.29 is 0 Å². The average Bonchev–Trinajstić information content (AvgIpc) is 1.67. The van der Waals surface area contributed by atoms with Crippen molar-refractivity contribution in [1.82, 2.24) is 5.32 Å². The fourth-order valence-corrected chi connectivity index (χ4v) is 0.0602. The second-order valence-corrected chi connectivity index (χ2v) is 0.780. The van der Waals surface area contributed by atoms with E-state index in [0.717, 1.165) is 0 Å². The molecule has 0 heterocycles. The Hall–Kier alpha value is -0.690. The summed E-state index contributed by atoms with van der Waals surface area (Å²) in [5.41, 5.74) is 8.81. The first-order valence-corrected chi connectivity index (χ1v) is 1.77. The molecule has 0 aliphatic carbocycles. The van der Waals surface area contributed by atoms with Gasteiger partial charge in [-0.25, -0.2) is 0 Å². The van der Waals surface area contributed by atoms with Crippen molar-refractivity contribution in [3.8, 4) is 12.4 Å². The molecule has 10 heavy (non-hydrogen) atoms. The van der Waals surface area contributed by atoms with E-state index in [9.17, 15) is 0 Å². The van der Waals surface area contributed by atoms with Crippen molar-refractivity contribution in [2.75, 3.05) is 0 Å². The molecule has 0 aliphatic heterocycles. The Balaban J connectivity index is -0.000000107. The number of rotatable bonds is 0. The van der Waals surface area contributed by atoms with Gasteiger partial charge in [-0.05, 0) is 0 Å². The van der Waals surface area contributed by atoms with Crippen molar-refractivity contribution in [2.24, 2.45) is 11.5 Å². The molecule has 6 nitrogen and oxygen atoms in total. The summed E-state index contributed by atoms with van der Waals surface area (Å²) in [5, 5.41) is 23.0. The second kappa shape index (κ2) is 15.7. The molecule has 0 amide bonds. The van der Waals surface area contributed by atoms with E-state index in [1.165, 1.54) is 12.4 Å². The van der Waals surface area contributed by atoms with Gasteiger partial charge in [-0.1, -0.05) is 0 Å². The molecule has 0 fully saturated rings. The fourth-order valence-electron chi connectivity index (χ4n) is 0.0602. The minimum atomic E-state index is -0.322. The summed E-state index contributed by atoms with van der Waals surface area (Å²) in [6, 6.07) is 0. The number of hydrogen-bond acceptors (Lipinski definition) is 4. The van der Waals surface area contributed by atoms with Crippen LogP contribution < -0.4 is 16.8 Å². The third-order valence-electron chi connectivity index (χ3n) is 0.191. The molecule has 0 aromatic heterocycles. The molecule has 0 rings (SSSR count). The average molecular weight is 168 g/mol. The van der Waals surface area contributed by atoms with Crippen molar-refractivity contribution in [1.29, 1.82) is 15.9 Å². The van der Waals surface area contributed by atoms with Gasteiger partial charge in [0.25, 0.3) is 0 Å². The van der Waals surface area contributed by atoms with Gasteiger partial charge in [0.05, 0.1) is 0 Å². The first kappa shape index (κ1) is 16.1. The molecule has 52 valence electrons. The zero-order chi connectivity index (χ0) is 7.70. The predicted molar refractivity (Wildman–Crippen MR) is 39.0 cm³/mol. The molecule has 6 N–H and O–H groups in total. The molecular weight excluding hydrogens is 160 g/mol. The maximum absolute atomic E-state index is 7.65. The Morgan fingerprint density at radius 2 is 1.80 bits per heavy atom. The van der Waals surface area contributed by atoms with E-state index >= 15 is 0 Å². The van der Waals surface area contributed by atoms with Gasteiger partial charge in [0, 0.05) is 0 Å². The topological polar surface area (TPSA) is 136 Å². The van der Waals surface area contributed by atoms with Crippen LogP contribution >= 0.6 is 0 Å². The number of nitriles is 2. The molecule has 0 aliphatic rings. The maximum atomic E-state index is 7.65. The molecule has 0 atom stereocenters. The molecule has 0 aromatic rings. The number of hydrogen-bond donors (Lipinski definition) is 4. The zero-order valence-electron chi connectivity index (χ0n) is 4.55. The molecular formula is C3H8CaN6.